The second kappa shape index (κ2) is 15.5. The van der Waals surface area contributed by atoms with Gasteiger partial charge < -0.3 is 28.4 Å². The van der Waals surface area contributed by atoms with Crippen LogP contribution < -0.4 is 28.4 Å². The second-order valence-corrected chi connectivity index (χ2v) is 12.3. The van der Waals surface area contributed by atoms with Gasteiger partial charge in [-0.15, -0.1) is 0 Å². The number of rotatable bonds is 14. The van der Waals surface area contributed by atoms with Crippen LogP contribution in [0.2, 0.25) is 0 Å². The molecule has 8 nitrogen and oxygen atoms in total. The lowest BCUT2D eigenvalue weighted by Gasteiger charge is -2.22. The van der Waals surface area contributed by atoms with E-state index in [-0.39, 0.29) is 23.0 Å². The molecule has 0 spiro atoms. The van der Waals surface area contributed by atoms with Gasteiger partial charge in [-0.2, -0.15) is 0 Å². The Morgan fingerprint density at radius 2 is 0.809 bits per heavy atom. The molecule has 0 amide bonds. The van der Waals surface area contributed by atoms with E-state index in [0.29, 0.717) is 33.8 Å². The van der Waals surface area contributed by atoms with Crippen LogP contribution >= 0.6 is 0 Å². The molecule has 11 heteroatoms. The zero-order valence-corrected chi connectivity index (χ0v) is 27.6. The van der Waals surface area contributed by atoms with Crippen LogP contribution in [0.25, 0.3) is 12.2 Å². The van der Waals surface area contributed by atoms with Gasteiger partial charge in [0.05, 0.1) is 53.8 Å². The molecule has 47 heavy (non-hydrogen) atoms. The fourth-order valence-electron chi connectivity index (χ4n) is 5.08. The van der Waals surface area contributed by atoms with Gasteiger partial charge in [0.2, 0.25) is 0 Å². The zero-order chi connectivity index (χ0) is 34.1. The first-order valence-corrected chi connectivity index (χ1v) is 15.9. The third-order valence-electron chi connectivity index (χ3n) is 7.49. The van der Waals surface area contributed by atoms with Crippen molar-refractivity contribution >= 4 is 22.0 Å². The summed E-state index contributed by atoms with van der Waals surface area (Å²) in [5.41, 5.74) is 1.57. The van der Waals surface area contributed by atoms with Gasteiger partial charge in [0, 0.05) is 24.3 Å². The first-order chi connectivity index (χ1) is 22.6. The van der Waals surface area contributed by atoms with E-state index >= 15 is 0 Å². The van der Waals surface area contributed by atoms with E-state index < -0.39 is 32.0 Å². The topological polar surface area (TPSA) is 89.5 Å². The predicted molar refractivity (Wildman–Crippen MR) is 177 cm³/mol. The van der Waals surface area contributed by atoms with Gasteiger partial charge in [0.15, 0.2) is 9.84 Å². The van der Waals surface area contributed by atoms with Crippen LogP contribution in [0.3, 0.4) is 0 Å². The number of hydrogen-bond acceptors (Lipinski definition) is 8. The normalized spacial score (nSPS) is 12.9. The smallest absolute Gasteiger partial charge is 0.171 e. The summed E-state index contributed by atoms with van der Waals surface area (Å²) in [4.78, 5) is 0. The molecule has 0 bridgehead atoms. The Balaban J connectivity index is 1.95. The van der Waals surface area contributed by atoms with Gasteiger partial charge in [-0.25, -0.2) is 17.2 Å². The lowest BCUT2D eigenvalue weighted by atomic mass is 10.1. The Kier molecular flexibility index (Phi) is 11.5. The molecule has 248 valence electrons. The minimum Gasteiger partial charge on any atom is -0.497 e. The van der Waals surface area contributed by atoms with Crippen LogP contribution in [0, 0.1) is 11.6 Å². The molecular formula is C36H36F2O8S. The van der Waals surface area contributed by atoms with E-state index in [1.54, 1.807) is 48.5 Å². The minimum absolute atomic E-state index is 0.158. The average Bonchev–Trinajstić information content (AvgIpc) is 3.08. The standard InChI is InChI=1S/C36H36F2O8S/c1-41-27-11-7-23(8-12-27)35(17-15-29-31(43-3)19-25(37)20-32(29)44-4)47(39,40)36(24-9-13-28(42-2)14-10-24)18-16-30-33(45-5)21-26(38)22-34(30)46-6/h7-22,35-36H,1-6H3/b17-15+,18-16+. The highest BCUT2D eigenvalue weighted by Crippen LogP contribution is 2.41. The van der Waals surface area contributed by atoms with Crippen molar-refractivity contribution < 1.29 is 45.6 Å². The Morgan fingerprint density at radius 1 is 0.511 bits per heavy atom. The molecular weight excluding hydrogens is 630 g/mol. The summed E-state index contributed by atoms with van der Waals surface area (Å²) in [5.74, 6) is 0.558. The van der Waals surface area contributed by atoms with Gasteiger partial charge >= 0.3 is 0 Å². The van der Waals surface area contributed by atoms with Crippen LogP contribution in [-0.2, 0) is 9.84 Å². The van der Waals surface area contributed by atoms with E-state index in [9.17, 15) is 17.2 Å². The summed E-state index contributed by atoms with van der Waals surface area (Å²) in [7, 11) is 4.34. The van der Waals surface area contributed by atoms with Gasteiger partial charge in [-0.3, -0.25) is 0 Å². The molecule has 0 aromatic heterocycles. The zero-order valence-electron chi connectivity index (χ0n) is 26.8. The number of hydrogen-bond donors (Lipinski definition) is 0. The predicted octanol–water partition coefficient (Wildman–Crippen LogP) is 7.64. The molecule has 0 heterocycles. The Hall–Kier alpha value is -5.03. The monoisotopic (exact) mass is 666 g/mol. The first-order valence-electron chi connectivity index (χ1n) is 14.3. The minimum atomic E-state index is -4.21. The van der Waals surface area contributed by atoms with E-state index in [2.05, 4.69) is 0 Å². The third-order valence-corrected chi connectivity index (χ3v) is 9.76. The molecule has 0 aliphatic heterocycles. The highest BCUT2D eigenvalue weighted by Gasteiger charge is 2.34. The fraction of sp³-hybridized carbons (Fsp3) is 0.222. The van der Waals surface area contributed by atoms with Crippen molar-refractivity contribution in [3.63, 3.8) is 0 Å². The average molecular weight is 667 g/mol. The molecule has 4 aromatic rings. The van der Waals surface area contributed by atoms with Gasteiger partial charge in [-0.1, -0.05) is 36.4 Å². The van der Waals surface area contributed by atoms with E-state index in [4.69, 9.17) is 28.4 Å². The lowest BCUT2D eigenvalue weighted by molar-refractivity contribution is 0.386. The fourth-order valence-corrected chi connectivity index (χ4v) is 7.06. The summed E-state index contributed by atoms with van der Waals surface area (Å²) in [6, 6.07) is 18.0. The maximum Gasteiger partial charge on any atom is 0.171 e. The van der Waals surface area contributed by atoms with Gasteiger partial charge in [-0.05, 0) is 47.5 Å². The molecule has 0 fully saturated rings. The van der Waals surface area contributed by atoms with E-state index in [1.807, 2.05) is 0 Å². The molecule has 0 saturated heterocycles. The largest absolute Gasteiger partial charge is 0.497 e. The van der Waals surface area contributed by atoms with Crippen LogP contribution in [0.1, 0.15) is 32.8 Å². The van der Waals surface area contributed by atoms with Crippen LogP contribution in [0.5, 0.6) is 34.5 Å². The summed E-state index contributed by atoms with van der Waals surface area (Å²) in [6.07, 6.45) is 6.06. The SMILES string of the molecule is COc1ccc(C(/C=C/c2c(OC)cc(F)cc2OC)S(=O)(=O)C(/C=C/c2c(OC)cc(F)cc2OC)c2ccc(OC)cc2)cc1. The second-order valence-electron chi connectivity index (χ2n) is 10.1. The molecule has 0 radical (unpaired) electrons. The number of halogens is 2. The van der Waals surface area contributed by atoms with Crippen LogP contribution in [0.15, 0.2) is 84.9 Å². The third kappa shape index (κ3) is 7.86. The van der Waals surface area contributed by atoms with Crippen molar-refractivity contribution in [3.05, 3.63) is 119 Å². The van der Waals surface area contributed by atoms with Crippen molar-refractivity contribution in [3.8, 4) is 34.5 Å². The highest BCUT2D eigenvalue weighted by atomic mass is 32.2. The molecule has 0 aliphatic carbocycles. The molecule has 0 saturated carbocycles. The van der Waals surface area contributed by atoms with Gasteiger partial charge in [0.25, 0.3) is 0 Å². The highest BCUT2D eigenvalue weighted by molar-refractivity contribution is 7.92. The maximum atomic E-state index is 14.9. The van der Waals surface area contributed by atoms with Gasteiger partial charge in [0.1, 0.15) is 56.6 Å². The molecule has 2 atom stereocenters. The summed E-state index contributed by atoms with van der Waals surface area (Å²) >= 11 is 0. The molecule has 2 unspecified atom stereocenters. The van der Waals surface area contributed by atoms with E-state index in [1.165, 1.54) is 91.2 Å². The number of ether oxygens (including phenoxy) is 6. The Morgan fingerprint density at radius 3 is 1.06 bits per heavy atom. The van der Waals surface area contributed by atoms with Crippen LogP contribution in [0.4, 0.5) is 8.78 Å². The van der Waals surface area contributed by atoms with Crippen molar-refractivity contribution in [2.45, 2.75) is 10.5 Å². The number of methoxy groups -OCH3 is 6. The van der Waals surface area contributed by atoms with Crippen molar-refractivity contribution in [2.75, 3.05) is 42.7 Å². The van der Waals surface area contributed by atoms with Crippen molar-refractivity contribution in [1.82, 2.24) is 0 Å². The Bertz CT molecular complexity index is 1660. The lowest BCUT2D eigenvalue weighted by Crippen LogP contribution is -2.19. The number of benzene rings is 4. The Labute approximate surface area is 273 Å². The van der Waals surface area contributed by atoms with Crippen molar-refractivity contribution in [1.29, 1.82) is 0 Å². The molecule has 4 rings (SSSR count). The quantitative estimate of drug-likeness (QED) is 0.136. The van der Waals surface area contributed by atoms with Crippen molar-refractivity contribution in [2.24, 2.45) is 0 Å². The summed E-state index contributed by atoms with van der Waals surface area (Å²) in [5, 5.41) is -2.47. The summed E-state index contributed by atoms with van der Waals surface area (Å²) in [6.45, 7) is 0. The summed E-state index contributed by atoms with van der Waals surface area (Å²) < 4.78 is 90.5. The molecule has 0 aliphatic rings. The molecule has 0 N–H and O–H groups in total. The van der Waals surface area contributed by atoms with E-state index in [0.717, 1.165) is 0 Å². The molecule has 4 aromatic carbocycles. The number of sulfone groups is 1. The van der Waals surface area contributed by atoms with Crippen LogP contribution in [-0.4, -0.2) is 51.1 Å². The maximum absolute atomic E-state index is 14.9. The first kappa shape index (κ1) is 34.8.